The van der Waals surface area contributed by atoms with Crippen molar-refractivity contribution in [1.29, 1.82) is 0 Å². The van der Waals surface area contributed by atoms with E-state index in [1.54, 1.807) is 11.8 Å². The zero-order valence-corrected chi connectivity index (χ0v) is 12.6. The van der Waals surface area contributed by atoms with Crippen LogP contribution in [0.1, 0.15) is 6.92 Å². The Hall–Kier alpha value is -1.95. The average Bonchev–Trinajstić information content (AvgIpc) is 2.50. The first-order valence-corrected chi connectivity index (χ1v) is 7.25. The molecule has 2 rings (SSSR count). The van der Waals surface area contributed by atoms with E-state index in [1.165, 1.54) is 6.07 Å². The van der Waals surface area contributed by atoms with Gasteiger partial charge in [-0.15, -0.1) is 6.58 Å². The predicted molar refractivity (Wildman–Crippen MR) is 79.7 cm³/mol. The van der Waals surface area contributed by atoms with Gasteiger partial charge in [-0.3, -0.25) is 9.69 Å². The molecule has 1 fully saturated rings. The molecular formula is C16H20F2N2O2. The largest absolute Gasteiger partial charge is 0.478 e. The van der Waals surface area contributed by atoms with Gasteiger partial charge in [-0.05, 0) is 19.1 Å². The van der Waals surface area contributed by atoms with Crippen molar-refractivity contribution in [3.63, 3.8) is 0 Å². The van der Waals surface area contributed by atoms with E-state index in [2.05, 4.69) is 11.5 Å². The maximum atomic E-state index is 13.5. The Bertz CT molecular complexity index is 543. The molecule has 1 aliphatic rings. The summed E-state index contributed by atoms with van der Waals surface area (Å²) in [5.41, 5.74) is 0. The Labute approximate surface area is 129 Å². The maximum absolute atomic E-state index is 13.5. The van der Waals surface area contributed by atoms with Gasteiger partial charge in [0.05, 0.1) is 0 Å². The number of ether oxygens (including phenoxy) is 1. The minimum Gasteiger partial charge on any atom is -0.478 e. The number of halogens is 2. The number of carbonyl (C=O) groups excluding carboxylic acids is 1. The van der Waals surface area contributed by atoms with Crippen LogP contribution in [0.2, 0.25) is 0 Å². The van der Waals surface area contributed by atoms with Crippen molar-refractivity contribution < 1.29 is 18.3 Å². The smallest absolute Gasteiger partial charge is 0.263 e. The van der Waals surface area contributed by atoms with Crippen molar-refractivity contribution in [2.75, 3.05) is 32.7 Å². The van der Waals surface area contributed by atoms with Gasteiger partial charge in [0, 0.05) is 38.8 Å². The van der Waals surface area contributed by atoms with Crippen molar-refractivity contribution in [3.8, 4) is 5.75 Å². The number of carbonyl (C=O) groups is 1. The Morgan fingerprint density at radius 2 is 2.05 bits per heavy atom. The van der Waals surface area contributed by atoms with Crippen LogP contribution in [0.25, 0.3) is 0 Å². The Morgan fingerprint density at radius 3 is 2.64 bits per heavy atom. The van der Waals surface area contributed by atoms with E-state index in [4.69, 9.17) is 4.74 Å². The van der Waals surface area contributed by atoms with Crippen LogP contribution in [0.15, 0.2) is 30.9 Å². The molecule has 0 saturated carbocycles. The molecule has 1 aromatic rings. The SMILES string of the molecule is C=CCN1CCN(C(=O)C(C)Oc2ccc(F)cc2F)CC1. The lowest BCUT2D eigenvalue weighted by atomic mass is 10.2. The highest BCUT2D eigenvalue weighted by Gasteiger charge is 2.26. The molecule has 0 aliphatic carbocycles. The standard InChI is InChI=1S/C16H20F2N2O2/c1-3-6-19-7-9-20(10-8-19)16(21)12(2)22-15-5-4-13(17)11-14(15)18/h3-5,11-12H,1,6-10H2,2H3. The van der Waals surface area contributed by atoms with Crippen LogP contribution in [0, 0.1) is 11.6 Å². The average molecular weight is 310 g/mol. The van der Waals surface area contributed by atoms with E-state index < -0.39 is 17.7 Å². The molecule has 4 nitrogen and oxygen atoms in total. The van der Waals surface area contributed by atoms with Crippen LogP contribution in [-0.4, -0.2) is 54.5 Å². The molecule has 1 heterocycles. The highest BCUT2D eigenvalue weighted by molar-refractivity contribution is 5.81. The molecule has 1 aliphatic heterocycles. The first kappa shape index (κ1) is 16.4. The number of nitrogens with zero attached hydrogens (tertiary/aromatic N) is 2. The molecule has 0 radical (unpaired) electrons. The van der Waals surface area contributed by atoms with Gasteiger partial charge in [-0.1, -0.05) is 6.08 Å². The van der Waals surface area contributed by atoms with Gasteiger partial charge < -0.3 is 9.64 Å². The predicted octanol–water partition coefficient (Wildman–Crippen LogP) is 2.06. The summed E-state index contributed by atoms with van der Waals surface area (Å²) >= 11 is 0. The molecule has 120 valence electrons. The summed E-state index contributed by atoms with van der Waals surface area (Å²) in [5.74, 6) is -1.80. The zero-order chi connectivity index (χ0) is 16.1. The van der Waals surface area contributed by atoms with Gasteiger partial charge in [0.25, 0.3) is 5.91 Å². The summed E-state index contributed by atoms with van der Waals surface area (Å²) in [6.45, 7) is 8.82. The fourth-order valence-corrected chi connectivity index (χ4v) is 2.40. The normalized spacial score (nSPS) is 17.1. The van der Waals surface area contributed by atoms with Crippen LogP contribution in [-0.2, 0) is 4.79 Å². The third-order valence-electron chi connectivity index (χ3n) is 3.62. The van der Waals surface area contributed by atoms with Gasteiger partial charge in [0.2, 0.25) is 0 Å². The Kier molecular flexibility index (Phi) is 5.49. The molecule has 1 saturated heterocycles. The molecule has 1 aromatic carbocycles. The molecule has 0 aromatic heterocycles. The van der Waals surface area contributed by atoms with Crippen LogP contribution in [0.3, 0.4) is 0 Å². The minimum atomic E-state index is -0.814. The highest BCUT2D eigenvalue weighted by atomic mass is 19.1. The number of hydrogen-bond acceptors (Lipinski definition) is 3. The summed E-state index contributed by atoms with van der Waals surface area (Å²) < 4.78 is 31.7. The van der Waals surface area contributed by atoms with Crippen molar-refractivity contribution in [2.45, 2.75) is 13.0 Å². The van der Waals surface area contributed by atoms with Gasteiger partial charge in [-0.2, -0.15) is 0 Å². The second-order valence-electron chi connectivity index (χ2n) is 5.25. The summed E-state index contributed by atoms with van der Waals surface area (Å²) in [6, 6.07) is 3.03. The second-order valence-corrected chi connectivity index (χ2v) is 5.25. The third-order valence-corrected chi connectivity index (χ3v) is 3.62. The quantitative estimate of drug-likeness (QED) is 0.781. The summed E-state index contributed by atoms with van der Waals surface area (Å²) in [4.78, 5) is 16.2. The van der Waals surface area contributed by atoms with Crippen LogP contribution < -0.4 is 4.74 Å². The molecule has 1 atom stereocenters. The molecular weight excluding hydrogens is 290 g/mol. The monoisotopic (exact) mass is 310 g/mol. The molecule has 1 unspecified atom stereocenters. The van der Waals surface area contributed by atoms with E-state index in [9.17, 15) is 13.6 Å². The van der Waals surface area contributed by atoms with E-state index in [-0.39, 0.29) is 11.7 Å². The van der Waals surface area contributed by atoms with Crippen molar-refractivity contribution >= 4 is 5.91 Å². The maximum Gasteiger partial charge on any atom is 0.263 e. The molecule has 0 spiro atoms. The van der Waals surface area contributed by atoms with Crippen LogP contribution >= 0.6 is 0 Å². The van der Waals surface area contributed by atoms with Gasteiger partial charge >= 0.3 is 0 Å². The molecule has 1 amide bonds. The molecule has 0 N–H and O–H groups in total. The number of rotatable bonds is 5. The minimum absolute atomic E-state index is 0.118. The summed E-state index contributed by atoms with van der Waals surface area (Å²) in [7, 11) is 0. The molecule has 0 bridgehead atoms. The van der Waals surface area contributed by atoms with Crippen LogP contribution in [0.4, 0.5) is 8.78 Å². The lowest BCUT2D eigenvalue weighted by Crippen LogP contribution is -2.51. The Balaban J connectivity index is 1.91. The first-order chi connectivity index (χ1) is 10.5. The highest BCUT2D eigenvalue weighted by Crippen LogP contribution is 2.19. The Morgan fingerprint density at radius 1 is 1.36 bits per heavy atom. The zero-order valence-electron chi connectivity index (χ0n) is 12.6. The number of piperazine rings is 1. The van der Waals surface area contributed by atoms with Crippen LogP contribution in [0.5, 0.6) is 5.75 Å². The van der Waals surface area contributed by atoms with Crippen molar-refractivity contribution in [3.05, 3.63) is 42.5 Å². The summed E-state index contributed by atoms with van der Waals surface area (Å²) in [6.07, 6.45) is 1.02. The van der Waals surface area contributed by atoms with Crippen molar-refractivity contribution in [1.82, 2.24) is 9.80 Å². The van der Waals surface area contributed by atoms with Gasteiger partial charge in [0.1, 0.15) is 5.82 Å². The lowest BCUT2D eigenvalue weighted by molar-refractivity contribution is -0.139. The summed E-state index contributed by atoms with van der Waals surface area (Å²) in [5, 5.41) is 0. The number of amides is 1. The van der Waals surface area contributed by atoms with Crippen molar-refractivity contribution in [2.24, 2.45) is 0 Å². The number of hydrogen-bond donors (Lipinski definition) is 0. The third kappa shape index (κ3) is 4.04. The van der Waals surface area contributed by atoms with E-state index in [0.717, 1.165) is 31.8 Å². The molecule has 22 heavy (non-hydrogen) atoms. The second kappa shape index (κ2) is 7.35. The molecule has 6 heteroatoms. The fraction of sp³-hybridized carbons (Fsp3) is 0.438. The fourth-order valence-electron chi connectivity index (χ4n) is 2.40. The topological polar surface area (TPSA) is 32.8 Å². The van der Waals surface area contributed by atoms with E-state index in [0.29, 0.717) is 13.1 Å². The lowest BCUT2D eigenvalue weighted by Gasteiger charge is -2.35. The van der Waals surface area contributed by atoms with E-state index >= 15 is 0 Å². The number of benzene rings is 1. The first-order valence-electron chi connectivity index (χ1n) is 7.25. The van der Waals surface area contributed by atoms with Gasteiger partial charge in [-0.25, -0.2) is 8.78 Å². The van der Waals surface area contributed by atoms with E-state index in [1.807, 2.05) is 6.08 Å². The van der Waals surface area contributed by atoms with Gasteiger partial charge in [0.15, 0.2) is 17.7 Å².